The molecule has 10 heteroatoms. The van der Waals surface area contributed by atoms with Crippen molar-refractivity contribution in [2.24, 2.45) is 10.7 Å². The Labute approximate surface area is 173 Å². The summed E-state index contributed by atoms with van der Waals surface area (Å²) < 4.78 is 28.5. The van der Waals surface area contributed by atoms with Crippen molar-refractivity contribution in [3.05, 3.63) is 42.1 Å². The maximum absolute atomic E-state index is 13.4. The van der Waals surface area contributed by atoms with Gasteiger partial charge in [-0.15, -0.1) is 11.8 Å². The van der Waals surface area contributed by atoms with Gasteiger partial charge in [-0.1, -0.05) is 18.2 Å². The number of thioether (sulfide) groups is 1. The summed E-state index contributed by atoms with van der Waals surface area (Å²) in [4.78, 5) is 11.3. The molecular formula is C19H22N6O2S2. The third kappa shape index (κ3) is 3.25. The van der Waals surface area contributed by atoms with Gasteiger partial charge >= 0.3 is 0 Å². The van der Waals surface area contributed by atoms with E-state index in [0.717, 1.165) is 5.82 Å². The molecule has 0 amide bonds. The van der Waals surface area contributed by atoms with Gasteiger partial charge in [0.1, 0.15) is 16.7 Å². The standard InChI is InChI=1S/C19H22N6O2S2/c1-12-11-15(24-10-9-21-17(20)13(24)2)25-18(22-12)16(19(23-25)28-3)29(26,27)14-7-5-4-6-8-14/h4-8,11,13H,9-10H2,1-3H3,(H2,20,21). The van der Waals surface area contributed by atoms with E-state index in [1.165, 1.54) is 11.8 Å². The zero-order valence-corrected chi connectivity index (χ0v) is 18.0. The SMILES string of the molecule is CSc1nn2c(N3CCN=C(N)C3C)cc(C)nc2c1S(=O)(=O)c1ccccc1. The fraction of sp³-hybridized carbons (Fsp3) is 0.316. The van der Waals surface area contributed by atoms with E-state index >= 15 is 0 Å². The Kier molecular flexibility index (Phi) is 4.99. The fourth-order valence-electron chi connectivity index (χ4n) is 3.46. The quantitative estimate of drug-likeness (QED) is 0.632. The van der Waals surface area contributed by atoms with E-state index in [-0.39, 0.29) is 15.8 Å². The lowest BCUT2D eigenvalue weighted by Gasteiger charge is -2.33. The summed E-state index contributed by atoms with van der Waals surface area (Å²) in [6.45, 7) is 5.06. The molecule has 1 aliphatic rings. The molecule has 2 N–H and O–H groups in total. The molecule has 8 nitrogen and oxygen atoms in total. The van der Waals surface area contributed by atoms with Gasteiger partial charge in [0.2, 0.25) is 9.84 Å². The van der Waals surface area contributed by atoms with Crippen LogP contribution in [0.15, 0.2) is 56.2 Å². The fourth-order valence-corrected chi connectivity index (χ4v) is 5.87. The smallest absolute Gasteiger partial charge is 0.213 e. The maximum atomic E-state index is 13.4. The number of nitrogens with two attached hydrogens (primary N) is 1. The summed E-state index contributed by atoms with van der Waals surface area (Å²) in [6, 6.07) is 10.2. The summed E-state index contributed by atoms with van der Waals surface area (Å²) in [6.07, 6.45) is 1.81. The first-order chi connectivity index (χ1) is 13.8. The maximum Gasteiger partial charge on any atom is 0.213 e. The molecular weight excluding hydrogens is 408 g/mol. The molecule has 0 saturated carbocycles. The molecule has 1 unspecified atom stereocenters. The number of hydrogen-bond donors (Lipinski definition) is 1. The zero-order chi connectivity index (χ0) is 20.8. The third-order valence-corrected chi connectivity index (χ3v) is 7.57. The van der Waals surface area contributed by atoms with Crippen LogP contribution in [0.5, 0.6) is 0 Å². The van der Waals surface area contributed by atoms with E-state index in [1.807, 2.05) is 26.2 Å². The highest BCUT2D eigenvalue weighted by Gasteiger charge is 2.31. The number of hydrogen-bond acceptors (Lipinski definition) is 8. The Morgan fingerprint density at radius 2 is 1.97 bits per heavy atom. The lowest BCUT2D eigenvalue weighted by molar-refractivity contribution is 0.594. The van der Waals surface area contributed by atoms with E-state index in [9.17, 15) is 8.42 Å². The molecule has 0 fully saturated rings. The van der Waals surface area contributed by atoms with Crippen LogP contribution in [0, 0.1) is 6.92 Å². The minimum atomic E-state index is -3.79. The molecule has 1 atom stereocenters. The van der Waals surface area contributed by atoms with Gasteiger partial charge < -0.3 is 10.6 Å². The molecule has 152 valence electrons. The second-order valence-corrected chi connectivity index (χ2v) is 9.50. The van der Waals surface area contributed by atoms with Crippen molar-refractivity contribution in [2.45, 2.75) is 34.7 Å². The first kappa shape index (κ1) is 19.7. The lowest BCUT2D eigenvalue weighted by atomic mass is 10.2. The van der Waals surface area contributed by atoms with Crippen LogP contribution in [0.25, 0.3) is 5.65 Å². The molecule has 1 aromatic carbocycles. The summed E-state index contributed by atoms with van der Waals surface area (Å²) in [5.74, 6) is 1.30. The van der Waals surface area contributed by atoms with Crippen LogP contribution in [0.4, 0.5) is 5.82 Å². The number of benzene rings is 1. The lowest BCUT2D eigenvalue weighted by Crippen LogP contribution is -2.48. The molecule has 0 radical (unpaired) electrons. The third-order valence-electron chi connectivity index (χ3n) is 4.97. The number of nitrogens with zero attached hydrogens (tertiary/aromatic N) is 5. The molecule has 3 aromatic rings. The van der Waals surface area contributed by atoms with Gasteiger partial charge in [-0.25, -0.2) is 13.4 Å². The van der Waals surface area contributed by atoms with Crippen LogP contribution in [0.2, 0.25) is 0 Å². The largest absolute Gasteiger partial charge is 0.386 e. The molecule has 0 aliphatic carbocycles. The Morgan fingerprint density at radius 1 is 1.24 bits per heavy atom. The normalized spacial score (nSPS) is 17.6. The van der Waals surface area contributed by atoms with Gasteiger partial charge in [0.05, 0.1) is 17.5 Å². The first-order valence-corrected chi connectivity index (χ1v) is 11.9. The Bertz CT molecular complexity index is 1200. The molecule has 0 saturated heterocycles. The highest BCUT2D eigenvalue weighted by atomic mass is 32.2. The molecule has 0 spiro atoms. The van der Waals surface area contributed by atoms with E-state index in [0.29, 0.717) is 35.3 Å². The van der Waals surface area contributed by atoms with Crippen LogP contribution < -0.4 is 10.6 Å². The molecule has 3 heterocycles. The van der Waals surface area contributed by atoms with Crippen molar-refractivity contribution < 1.29 is 8.42 Å². The van der Waals surface area contributed by atoms with Gasteiger partial charge in [0, 0.05) is 18.3 Å². The van der Waals surface area contributed by atoms with Crippen molar-refractivity contribution in [2.75, 3.05) is 24.2 Å². The zero-order valence-electron chi connectivity index (χ0n) is 16.4. The number of sulfone groups is 1. The van der Waals surface area contributed by atoms with Crippen molar-refractivity contribution in [3.63, 3.8) is 0 Å². The van der Waals surface area contributed by atoms with E-state index < -0.39 is 9.84 Å². The summed E-state index contributed by atoms with van der Waals surface area (Å²) in [7, 11) is -3.79. The highest BCUT2D eigenvalue weighted by Crippen LogP contribution is 2.34. The summed E-state index contributed by atoms with van der Waals surface area (Å²) in [5, 5.41) is 5.03. The van der Waals surface area contributed by atoms with Gasteiger partial charge in [0.25, 0.3) is 0 Å². The van der Waals surface area contributed by atoms with Gasteiger partial charge in [0.15, 0.2) is 10.5 Å². The predicted molar refractivity (Wildman–Crippen MR) is 115 cm³/mol. The van der Waals surface area contributed by atoms with E-state index in [1.54, 1.807) is 34.8 Å². The monoisotopic (exact) mass is 430 g/mol. The van der Waals surface area contributed by atoms with Gasteiger partial charge in [-0.3, -0.25) is 4.99 Å². The number of aryl methyl sites for hydroxylation is 1. The topological polar surface area (TPSA) is 106 Å². The van der Waals surface area contributed by atoms with Crippen molar-refractivity contribution >= 4 is 38.9 Å². The summed E-state index contributed by atoms with van der Waals surface area (Å²) >= 11 is 1.29. The minimum absolute atomic E-state index is 0.120. The number of fused-ring (bicyclic) bond motifs is 1. The second kappa shape index (κ2) is 7.34. The number of rotatable bonds is 4. The molecule has 1 aliphatic heterocycles. The highest BCUT2D eigenvalue weighted by molar-refractivity contribution is 7.99. The van der Waals surface area contributed by atoms with Crippen LogP contribution in [-0.2, 0) is 9.84 Å². The number of amidine groups is 1. The van der Waals surface area contributed by atoms with Crippen LogP contribution >= 0.6 is 11.8 Å². The Morgan fingerprint density at radius 3 is 2.66 bits per heavy atom. The van der Waals surface area contributed by atoms with Crippen molar-refractivity contribution in [3.8, 4) is 0 Å². The van der Waals surface area contributed by atoms with Crippen molar-refractivity contribution in [1.29, 1.82) is 0 Å². The molecule has 0 bridgehead atoms. The first-order valence-electron chi connectivity index (χ1n) is 9.15. The Hall–Kier alpha value is -2.59. The van der Waals surface area contributed by atoms with Crippen LogP contribution in [0.1, 0.15) is 12.6 Å². The van der Waals surface area contributed by atoms with Crippen molar-refractivity contribution in [1.82, 2.24) is 14.6 Å². The average molecular weight is 431 g/mol. The average Bonchev–Trinajstić information content (AvgIpc) is 3.09. The van der Waals surface area contributed by atoms with Crippen LogP contribution in [-0.4, -0.2) is 54.2 Å². The van der Waals surface area contributed by atoms with Gasteiger partial charge in [-0.2, -0.15) is 9.61 Å². The Balaban J connectivity index is 1.99. The number of aliphatic imine (C=N–C) groups is 1. The summed E-state index contributed by atoms with van der Waals surface area (Å²) in [5.41, 5.74) is 7.08. The van der Waals surface area contributed by atoms with E-state index in [4.69, 9.17) is 5.73 Å². The van der Waals surface area contributed by atoms with Crippen LogP contribution in [0.3, 0.4) is 0 Å². The molecule has 2 aromatic heterocycles. The molecule has 29 heavy (non-hydrogen) atoms. The molecule has 4 rings (SSSR count). The van der Waals surface area contributed by atoms with Gasteiger partial charge in [-0.05, 0) is 32.2 Å². The number of aromatic nitrogens is 3. The second-order valence-electron chi connectivity index (χ2n) is 6.82. The number of anilines is 1. The van der Waals surface area contributed by atoms with E-state index in [2.05, 4.69) is 20.0 Å². The minimum Gasteiger partial charge on any atom is -0.386 e. The predicted octanol–water partition coefficient (Wildman–Crippen LogP) is 2.16.